The van der Waals surface area contributed by atoms with E-state index in [1.54, 1.807) is 12.4 Å². The van der Waals surface area contributed by atoms with E-state index in [9.17, 15) is 4.79 Å². The number of hydrogen-bond donors (Lipinski definition) is 1. The summed E-state index contributed by atoms with van der Waals surface area (Å²) >= 11 is 0. The van der Waals surface area contributed by atoms with Gasteiger partial charge in [-0.2, -0.15) is 0 Å². The Morgan fingerprint density at radius 1 is 1.07 bits per heavy atom. The number of pyridine rings is 1. The van der Waals surface area contributed by atoms with Crippen LogP contribution < -0.4 is 5.73 Å². The minimum absolute atomic E-state index is 0.173. The van der Waals surface area contributed by atoms with Gasteiger partial charge < -0.3 is 10.5 Å². The third-order valence-electron chi connectivity index (χ3n) is 5.40. The SMILES string of the molecule is CCCC1CCCC(c2nc(-c3cccnc3)c(-c3ccccc3)nc2C(N)=O)O1. The predicted molar refractivity (Wildman–Crippen MR) is 116 cm³/mol. The third kappa shape index (κ3) is 4.24. The number of nitrogens with zero attached hydrogens (tertiary/aromatic N) is 3. The summed E-state index contributed by atoms with van der Waals surface area (Å²) in [6, 6.07) is 13.5. The number of benzene rings is 1. The number of carbonyl (C=O) groups is 1. The maximum absolute atomic E-state index is 12.4. The van der Waals surface area contributed by atoms with Crippen molar-refractivity contribution in [2.45, 2.75) is 51.2 Å². The van der Waals surface area contributed by atoms with E-state index in [1.165, 1.54) is 0 Å². The molecule has 0 radical (unpaired) electrons. The van der Waals surface area contributed by atoms with E-state index in [0.29, 0.717) is 17.1 Å². The summed E-state index contributed by atoms with van der Waals surface area (Å²) in [4.78, 5) is 26.2. The van der Waals surface area contributed by atoms with Gasteiger partial charge in [0.15, 0.2) is 5.69 Å². The number of amides is 1. The summed E-state index contributed by atoms with van der Waals surface area (Å²) in [6.07, 6.45) is 8.26. The first kappa shape index (κ1) is 20.2. The molecule has 2 N–H and O–H groups in total. The van der Waals surface area contributed by atoms with Crippen molar-refractivity contribution in [3.63, 3.8) is 0 Å². The minimum Gasteiger partial charge on any atom is -0.369 e. The molecule has 0 saturated carbocycles. The molecule has 0 aliphatic carbocycles. The highest BCUT2D eigenvalue weighted by Crippen LogP contribution is 2.36. The number of hydrogen-bond acceptors (Lipinski definition) is 5. The highest BCUT2D eigenvalue weighted by Gasteiger charge is 2.30. The largest absolute Gasteiger partial charge is 0.369 e. The van der Waals surface area contributed by atoms with Crippen molar-refractivity contribution in [2.24, 2.45) is 5.73 Å². The molecule has 2 unspecified atom stereocenters. The first-order valence-corrected chi connectivity index (χ1v) is 10.5. The molecule has 2 aromatic heterocycles. The maximum Gasteiger partial charge on any atom is 0.269 e. The molecule has 0 bridgehead atoms. The summed E-state index contributed by atoms with van der Waals surface area (Å²) < 4.78 is 6.31. The molecule has 1 amide bonds. The van der Waals surface area contributed by atoms with Crippen LogP contribution in [0.3, 0.4) is 0 Å². The van der Waals surface area contributed by atoms with Gasteiger partial charge in [-0.3, -0.25) is 9.78 Å². The lowest BCUT2D eigenvalue weighted by Crippen LogP contribution is -2.27. The van der Waals surface area contributed by atoms with Gasteiger partial charge in [-0.25, -0.2) is 9.97 Å². The van der Waals surface area contributed by atoms with Gasteiger partial charge in [0.1, 0.15) is 11.8 Å². The Labute approximate surface area is 176 Å². The molecule has 3 heterocycles. The van der Waals surface area contributed by atoms with Gasteiger partial charge in [-0.15, -0.1) is 0 Å². The monoisotopic (exact) mass is 402 g/mol. The Kier molecular flexibility index (Phi) is 6.14. The third-order valence-corrected chi connectivity index (χ3v) is 5.40. The molecule has 3 aromatic rings. The van der Waals surface area contributed by atoms with E-state index in [1.807, 2.05) is 42.5 Å². The zero-order valence-electron chi connectivity index (χ0n) is 17.1. The van der Waals surface area contributed by atoms with Gasteiger partial charge >= 0.3 is 0 Å². The number of rotatable bonds is 6. The highest BCUT2D eigenvalue weighted by molar-refractivity contribution is 5.93. The van der Waals surface area contributed by atoms with Gasteiger partial charge in [0.25, 0.3) is 5.91 Å². The zero-order valence-corrected chi connectivity index (χ0v) is 17.1. The van der Waals surface area contributed by atoms with Gasteiger partial charge in [0, 0.05) is 23.5 Å². The van der Waals surface area contributed by atoms with Crippen LogP contribution in [0.1, 0.15) is 61.3 Å². The molecule has 0 spiro atoms. The second-order valence-electron chi connectivity index (χ2n) is 7.59. The minimum atomic E-state index is -0.589. The fraction of sp³-hybridized carbons (Fsp3) is 0.333. The molecule has 1 aliphatic heterocycles. The van der Waals surface area contributed by atoms with Crippen LogP contribution in [-0.2, 0) is 4.74 Å². The normalized spacial score (nSPS) is 18.8. The fourth-order valence-corrected chi connectivity index (χ4v) is 3.99. The topological polar surface area (TPSA) is 91.0 Å². The van der Waals surface area contributed by atoms with Crippen molar-refractivity contribution >= 4 is 5.91 Å². The van der Waals surface area contributed by atoms with Crippen LogP contribution in [0.2, 0.25) is 0 Å². The van der Waals surface area contributed by atoms with Crippen LogP contribution in [0.4, 0.5) is 0 Å². The molecule has 1 saturated heterocycles. The standard InChI is InChI=1S/C24H26N4O2/c1-2-8-18-12-6-13-19(30-18)22-23(24(25)29)28-20(16-9-4-3-5-10-16)21(27-22)17-11-7-14-26-15-17/h3-5,7,9-11,14-15,18-19H,2,6,8,12-13H2,1H3,(H2,25,29). The number of nitrogens with two attached hydrogens (primary N) is 1. The molecule has 30 heavy (non-hydrogen) atoms. The van der Waals surface area contributed by atoms with Gasteiger partial charge in [0.2, 0.25) is 0 Å². The van der Waals surface area contributed by atoms with Crippen LogP contribution in [0.25, 0.3) is 22.5 Å². The van der Waals surface area contributed by atoms with Crippen LogP contribution in [0, 0.1) is 0 Å². The quantitative estimate of drug-likeness (QED) is 0.644. The summed E-state index contributed by atoms with van der Waals surface area (Å²) in [5.74, 6) is -0.589. The van der Waals surface area contributed by atoms with Crippen LogP contribution in [0.5, 0.6) is 0 Å². The molecule has 6 heteroatoms. The van der Waals surface area contributed by atoms with Crippen LogP contribution in [0.15, 0.2) is 54.9 Å². The molecule has 1 aromatic carbocycles. The smallest absolute Gasteiger partial charge is 0.269 e. The average molecular weight is 402 g/mol. The molecule has 4 rings (SSSR count). The average Bonchev–Trinajstić information content (AvgIpc) is 2.80. The summed E-state index contributed by atoms with van der Waals surface area (Å²) in [7, 11) is 0. The van der Waals surface area contributed by atoms with Crippen molar-refractivity contribution in [1.29, 1.82) is 0 Å². The van der Waals surface area contributed by atoms with Crippen molar-refractivity contribution < 1.29 is 9.53 Å². The lowest BCUT2D eigenvalue weighted by atomic mass is 9.97. The Morgan fingerprint density at radius 2 is 1.83 bits per heavy atom. The van der Waals surface area contributed by atoms with Gasteiger partial charge in [-0.05, 0) is 37.8 Å². The van der Waals surface area contributed by atoms with Gasteiger partial charge in [-0.1, -0.05) is 43.7 Å². The zero-order chi connectivity index (χ0) is 20.9. The molecular weight excluding hydrogens is 376 g/mol. The summed E-state index contributed by atoms with van der Waals surface area (Å²) in [5.41, 5.74) is 9.45. The van der Waals surface area contributed by atoms with E-state index in [4.69, 9.17) is 20.4 Å². The predicted octanol–water partition coefficient (Wildman–Crippen LogP) is 4.71. The lowest BCUT2D eigenvalue weighted by molar-refractivity contribution is -0.0573. The first-order chi connectivity index (χ1) is 14.7. The fourth-order valence-electron chi connectivity index (χ4n) is 3.99. The van der Waals surface area contributed by atoms with Gasteiger partial charge in [0.05, 0.1) is 17.5 Å². The van der Waals surface area contributed by atoms with E-state index in [-0.39, 0.29) is 17.9 Å². The van der Waals surface area contributed by atoms with E-state index < -0.39 is 5.91 Å². The Bertz CT molecular complexity index is 1010. The first-order valence-electron chi connectivity index (χ1n) is 10.5. The summed E-state index contributed by atoms with van der Waals surface area (Å²) in [6.45, 7) is 2.15. The molecule has 2 atom stereocenters. The van der Waals surface area contributed by atoms with E-state index in [0.717, 1.165) is 43.2 Å². The molecule has 1 aliphatic rings. The van der Waals surface area contributed by atoms with Crippen molar-refractivity contribution in [3.8, 4) is 22.5 Å². The number of aromatic nitrogens is 3. The van der Waals surface area contributed by atoms with E-state index in [2.05, 4.69) is 11.9 Å². The highest BCUT2D eigenvalue weighted by atomic mass is 16.5. The molecule has 6 nitrogen and oxygen atoms in total. The van der Waals surface area contributed by atoms with Crippen LogP contribution >= 0.6 is 0 Å². The number of carbonyl (C=O) groups excluding carboxylic acids is 1. The van der Waals surface area contributed by atoms with Crippen molar-refractivity contribution in [2.75, 3.05) is 0 Å². The van der Waals surface area contributed by atoms with Crippen LogP contribution in [-0.4, -0.2) is 27.0 Å². The van der Waals surface area contributed by atoms with Crippen molar-refractivity contribution in [1.82, 2.24) is 15.0 Å². The Hall–Kier alpha value is -3.12. The second-order valence-corrected chi connectivity index (χ2v) is 7.59. The number of ether oxygens (including phenoxy) is 1. The summed E-state index contributed by atoms with van der Waals surface area (Å²) in [5, 5.41) is 0. The Morgan fingerprint density at radius 3 is 2.53 bits per heavy atom. The Balaban J connectivity index is 1.87. The van der Waals surface area contributed by atoms with Crippen molar-refractivity contribution in [3.05, 3.63) is 66.2 Å². The molecule has 154 valence electrons. The maximum atomic E-state index is 12.4. The van der Waals surface area contributed by atoms with E-state index >= 15 is 0 Å². The second kappa shape index (κ2) is 9.13. The number of primary amides is 1. The molecular formula is C24H26N4O2. The molecule has 1 fully saturated rings. The lowest BCUT2D eigenvalue weighted by Gasteiger charge is -2.30.